The Hall–Kier alpha value is -2.86. The van der Waals surface area contributed by atoms with Crippen molar-refractivity contribution in [3.05, 3.63) is 71.7 Å². The van der Waals surface area contributed by atoms with Crippen molar-refractivity contribution in [2.24, 2.45) is 22.7 Å². The molecule has 38 heavy (non-hydrogen) atoms. The zero-order valence-electron chi connectivity index (χ0n) is 23.4. The molecule has 2 fully saturated rings. The normalized spacial score (nSPS) is 27.8. The van der Waals surface area contributed by atoms with Crippen LogP contribution in [0.2, 0.25) is 0 Å². The van der Waals surface area contributed by atoms with E-state index in [1.165, 1.54) is 19.8 Å². The number of allylic oxidation sites excluding steroid dienone is 1. The van der Waals surface area contributed by atoms with E-state index >= 15 is 0 Å². The summed E-state index contributed by atoms with van der Waals surface area (Å²) >= 11 is 0. The molecule has 6 heteroatoms. The average molecular weight is 522 g/mol. The fourth-order valence-corrected chi connectivity index (χ4v) is 7.45. The summed E-state index contributed by atoms with van der Waals surface area (Å²) in [6, 6.07) is 11.5. The summed E-state index contributed by atoms with van der Waals surface area (Å²) in [6.45, 7) is 9.42. The third-order valence-corrected chi connectivity index (χ3v) is 9.49. The molecule has 6 nitrogen and oxygen atoms in total. The van der Waals surface area contributed by atoms with Crippen LogP contribution in [-0.2, 0) is 38.4 Å². The van der Waals surface area contributed by atoms with E-state index in [4.69, 9.17) is 13.9 Å². The first-order chi connectivity index (χ1) is 18.2. The van der Waals surface area contributed by atoms with Crippen LogP contribution in [0.5, 0.6) is 0 Å². The van der Waals surface area contributed by atoms with Gasteiger partial charge in [-0.15, -0.1) is 0 Å². The third-order valence-electron chi connectivity index (χ3n) is 9.49. The van der Waals surface area contributed by atoms with Gasteiger partial charge in [0.25, 0.3) is 0 Å². The fourth-order valence-electron chi connectivity index (χ4n) is 7.45. The highest BCUT2D eigenvalue weighted by Gasteiger charge is 2.57. The number of ether oxygens (including phenoxy) is 2. The molecule has 0 unspecified atom stereocenters. The van der Waals surface area contributed by atoms with Crippen LogP contribution in [0.3, 0.4) is 0 Å². The highest BCUT2D eigenvalue weighted by Crippen LogP contribution is 2.62. The number of aryl methyl sites for hydroxylation is 1. The number of rotatable bonds is 10. The molecule has 1 N–H and O–H groups in total. The van der Waals surface area contributed by atoms with Gasteiger partial charge in [-0.25, -0.2) is 0 Å². The van der Waals surface area contributed by atoms with Crippen molar-refractivity contribution in [2.75, 3.05) is 14.2 Å². The van der Waals surface area contributed by atoms with Gasteiger partial charge in [-0.3, -0.25) is 14.9 Å². The lowest BCUT2D eigenvalue weighted by atomic mass is 9.46. The van der Waals surface area contributed by atoms with Crippen molar-refractivity contribution >= 4 is 11.9 Å². The molecule has 0 spiro atoms. The molecule has 1 heterocycles. The number of carbonyl (C=O) groups is 2. The summed E-state index contributed by atoms with van der Waals surface area (Å²) in [7, 11) is 2.93. The Morgan fingerprint density at radius 2 is 1.89 bits per heavy atom. The van der Waals surface area contributed by atoms with Gasteiger partial charge >= 0.3 is 11.9 Å². The second-order valence-corrected chi connectivity index (χ2v) is 11.6. The van der Waals surface area contributed by atoms with E-state index in [1.54, 1.807) is 6.26 Å². The Kier molecular flexibility index (Phi) is 8.81. The zero-order chi connectivity index (χ0) is 27.3. The van der Waals surface area contributed by atoms with Gasteiger partial charge in [-0.05, 0) is 86.3 Å². The standard InChI is InChI=1S/C32H43NO5/c1-22-12-15-28-31(2,17-9-18-32(28,3)30(35)37-5)25(22)14-13-24-16-19-38-27(24)21-33-26(29(34)36-4)20-23-10-7-6-8-11-23/h6-8,10-11,16,19,25-26,28,33H,1,9,12-15,17-18,20-21H2,2-5H3/t25-,26-,28-,31+,32-/m0/s1. The summed E-state index contributed by atoms with van der Waals surface area (Å²) in [6.07, 6.45) is 9.06. The van der Waals surface area contributed by atoms with Crippen LogP contribution in [0, 0.1) is 22.7 Å². The van der Waals surface area contributed by atoms with E-state index in [0.717, 1.165) is 61.8 Å². The Bertz CT molecular complexity index is 1120. The molecule has 1 aromatic carbocycles. The van der Waals surface area contributed by atoms with Crippen molar-refractivity contribution in [2.45, 2.75) is 77.8 Å². The van der Waals surface area contributed by atoms with E-state index in [-0.39, 0.29) is 23.3 Å². The molecule has 0 bridgehead atoms. The first-order valence-electron chi connectivity index (χ1n) is 13.9. The van der Waals surface area contributed by atoms with Crippen LogP contribution in [-0.4, -0.2) is 32.2 Å². The number of hydrogen-bond donors (Lipinski definition) is 1. The van der Waals surface area contributed by atoms with Gasteiger partial charge in [0, 0.05) is 0 Å². The van der Waals surface area contributed by atoms with E-state index in [0.29, 0.717) is 18.9 Å². The largest absolute Gasteiger partial charge is 0.469 e. The maximum atomic E-state index is 12.9. The minimum atomic E-state index is -0.462. The van der Waals surface area contributed by atoms with Gasteiger partial charge in [0.15, 0.2) is 0 Å². The third kappa shape index (κ3) is 5.61. The Morgan fingerprint density at radius 3 is 2.61 bits per heavy atom. The quantitative estimate of drug-likeness (QED) is 0.303. The number of benzene rings is 1. The zero-order valence-corrected chi connectivity index (χ0v) is 23.4. The van der Waals surface area contributed by atoms with Crippen LogP contribution in [0.15, 0.2) is 59.2 Å². The maximum Gasteiger partial charge on any atom is 0.323 e. The topological polar surface area (TPSA) is 77.8 Å². The predicted molar refractivity (Wildman–Crippen MR) is 147 cm³/mol. The van der Waals surface area contributed by atoms with Crippen molar-refractivity contribution in [1.29, 1.82) is 0 Å². The predicted octanol–water partition coefficient (Wildman–Crippen LogP) is 6.04. The molecule has 0 saturated heterocycles. The first kappa shape index (κ1) is 28.2. The molecule has 4 rings (SSSR count). The Morgan fingerprint density at radius 1 is 1.13 bits per heavy atom. The number of fused-ring (bicyclic) bond motifs is 1. The molecular formula is C32H43NO5. The molecule has 2 aliphatic rings. The van der Waals surface area contributed by atoms with Gasteiger partial charge in [0.2, 0.25) is 0 Å². The summed E-state index contributed by atoms with van der Waals surface area (Å²) in [5, 5.41) is 3.35. The SMILES string of the molecule is C=C1CC[C@H]2[C@](C)(CCC[C@]2(C)C(=O)OC)[C@H]1CCc1ccoc1CN[C@@H](Cc1ccccc1)C(=O)OC. The number of furan rings is 1. The second-order valence-electron chi connectivity index (χ2n) is 11.6. The number of methoxy groups -OCH3 is 2. The van der Waals surface area contributed by atoms with Crippen LogP contribution in [0.25, 0.3) is 0 Å². The van der Waals surface area contributed by atoms with Crippen molar-refractivity contribution in [3.8, 4) is 0 Å². The molecule has 2 aromatic rings. The number of esters is 2. The van der Waals surface area contributed by atoms with E-state index in [1.807, 2.05) is 36.4 Å². The molecule has 206 valence electrons. The van der Waals surface area contributed by atoms with Crippen LogP contribution < -0.4 is 5.32 Å². The van der Waals surface area contributed by atoms with Gasteiger partial charge < -0.3 is 13.9 Å². The van der Waals surface area contributed by atoms with E-state index < -0.39 is 11.5 Å². The molecule has 0 radical (unpaired) electrons. The lowest BCUT2D eigenvalue weighted by Crippen LogP contribution is -2.53. The van der Waals surface area contributed by atoms with Gasteiger partial charge in [-0.2, -0.15) is 0 Å². The summed E-state index contributed by atoms with van der Waals surface area (Å²) in [4.78, 5) is 25.3. The molecule has 5 atom stereocenters. The van der Waals surface area contributed by atoms with Crippen molar-refractivity contribution < 1.29 is 23.5 Å². The van der Waals surface area contributed by atoms with Crippen molar-refractivity contribution in [3.63, 3.8) is 0 Å². The average Bonchev–Trinajstić information content (AvgIpc) is 3.37. The lowest BCUT2D eigenvalue weighted by molar-refractivity contribution is -0.168. The monoisotopic (exact) mass is 521 g/mol. The molecule has 0 amide bonds. The lowest BCUT2D eigenvalue weighted by Gasteiger charge is -2.57. The number of hydrogen-bond acceptors (Lipinski definition) is 6. The van der Waals surface area contributed by atoms with Crippen LogP contribution >= 0.6 is 0 Å². The van der Waals surface area contributed by atoms with Crippen LogP contribution in [0.1, 0.15) is 69.3 Å². The van der Waals surface area contributed by atoms with E-state index in [9.17, 15) is 9.59 Å². The Balaban J connectivity index is 1.44. The second kappa shape index (κ2) is 11.9. The van der Waals surface area contributed by atoms with Crippen molar-refractivity contribution in [1.82, 2.24) is 5.32 Å². The molecule has 2 saturated carbocycles. The number of carbonyl (C=O) groups excluding carboxylic acids is 2. The fraction of sp³-hybridized carbons (Fsp3) is 0.562. The minimum Gasteiger partial charge on any atom is -0.469 e. The Labute approximate surface area is 227 Å². The smallest absolute Gasteiger partial charge is 0.323 e. The van der Waals surface area contributed by atoms with Gasteiger partial charge in [0.1, 0.15) is 11.8 Å². The van der Waals surface area contributed by atoms with Gasteiger partial charge in [-0.1, -0.05) is 55.8 Å². The highest BCUT2D eigenvalue weighted by molar-refractivity contribution is 5.77. The molecule has 1 aromatic heterocycles. The summed E-state index contributed by atoms with van der Waals surface area (Å²) < 4.78 is 16.2. The highest BCUT2D eigenvalue weighted by atomic mass is 16.5. The molecular weight excluding hydrogens is 478 g/mol. The van der Waals surface area contributed by atoms with Gasteiger partial charge in [0.05, 0.1) is 32.4 Å². The summed E-state index contributed by atoms with van der Waals surface area (Å²) in [5.74, 6) is 1.11. The number of nitrogens with one attached hydrogen (secondary N) is 1. The minimum absolute atomic E-state index is 0.0182. The maximum absolute atomic E-state index is 12.9. The first-order valence-corrected chi connectivity index (χ1v) is 13.9. The van der Waals surface area contributed by atoms with Crippen LogP contribution in [0.4, 0.5) is 0 Å². The molecule has 0 aliphatic heterocycles. The molecule has 2 aliphatic carbocycles. The summed E-state index contributed by atoms with van der Waals surface area (Å²) in [5.41, 5.74) is 3.10. The van der Waals surface area contributed by atoms with E-state index in [2.05, 4.69) is 25.7 Å².